The highest BCUT2D eigenvalue weighted by Gasteiger charge is 2.20. The first-order valence-electron chi connectivity index (χ1n) is 10.4. The molecule has 0 aliphatic carbocycles. The second-order valence-electron chi connectivity index (χ2n) is 6.92. The highest BCUT2D eigenvalue weighted by Crippen LogP contribution is 2.30. The number of hydrogen-bond acceptors (Lipinski definition) is 8. The van der Waals surface area contributed by atoms with Crippen LogP contribution in [0.3, 0.4) is 0 Å². The Morgan fingerprint density at radius 3 is 2.03 bits per heavy atom. The summed E-state index contributed by atoms with van der Waals surface area (Å²) < 4.78 is 0.825. The molecule has 0 spiro atoms. The number of nitrogens with zero attached hydrogens (tertiary/aromatic N) is 5. The van der Waals surface area contributed by atoms with Crippen molar-refractivity contribution in [2.24, 2.45) is 0 Å². The predicted molar refractivity (Wildman–Crippen MR) is 138 cm³/mol. The zero-order valence-electron chi connectivity index (χ0n) is 17.8. The van der Waals surface area contributed by atoms with Crippen molar-refractivity contribution in [1.29, 1.82) is 0 Å². The second kappa shape index (κ2) is 13.0. The van der Waals surface area contributed by atoms with Crippen molar-refractivity contribution >= 4 is 64.6 Å². The smallest absolute Gasteiger partial charge is 0.252 e. The van der Waals surface area contributed by atoms with Crippen LogP contribution < -0.4 is 15.5 Å². The minimum Gasteiger partial charge on any atom is -0.355 e. The molecular formula is C22H24IN7O2S. The molecular weight excluding hydrogens is 553 g/mol. The first-order chi connectivity index (χ1) is 16.1. The van der Waals surface area contributed by atoms with E-state index >= 15 is 0 Å². The fourth-order valence-electron chi connectivity index (χ4n) is 2.97. The molecule has 9 nitrogen and oxygen atoms in total. The fourth-order valence-corrected chi connectivity index (χ4v) is 3.66. The zero-order chi connectivity index (χ0) is 23.5. The zero-order valence-corrected chi connectivity index (χ0v) is 20.9. The molecule has 2 aromatic heterocycles. The third kappa shape index (κ3) is 7.35. The molecule has 2 N–H and O–H groups in total. The van der Waals surface area contributed by atoms with E-state index in [2.05, 4.69) is 65.8 Å². The van der Waals surface area contributed by atoms with Crippen molar-refractivity contribution in [3.63, 3.8) is 0 Å². The van der Waals surface area contributed by atoms with Crippen LogP contribution in [0.1, 0.15) is 29.6 Å². The van der Waals surface area contributed by atoms with Crippen LogP contribution in [0, 0.1) is 3.57 Å². The number of aromatic nitrogens is 4. The molecule has 0 unspecified atom stereocenters. The first-order valence-corrected chi connectivity index (χ1v) is 12.1. The molecule has 2 amide bonds. The lowest BCUT2D eigenvalue weighted by Crippen LogP contribution is -2.27. The maximum absolute atomic E-state index is 12.9. The second-order valence-corrected chi connectivity index (χ2v) is 8.40. The minimum absolute atomic E-state index is 0.0723. The lowest BCUT2D eigenvalue weighted by Gasteiger charge is -2.21. The third-order valence-electron chi connectivity index (χ3n) is 4.56. The van der Waals surface area contributed by atoms with E-state index in [1.807, 2.05) is 12.1 Å². The number of halogens is 1. The Bertz CT molecular complexity index is 1020. The highest BCUT2D eigenvalue weighted by molar-refractivity contribution is 14.1. The summed E-state index contributed by atoms with van der Waals surface area (Å²) in [7, 11) is 0. The van der Waals surface area contributed by atoms with Crippen molar-refractivity contribution in [2.45, 2.75) is 19.3 Å². The van der Waals surface area contributed by atoms with Gasteiger partial charge in [0.05, 0.1) is 17.0 Å². The van der Waals surface area contributed by atoms with Gasteiger partial charge >= 0.3 is 0 Å². The maximum Gasteiger partial charge on any atom is 0.252 e. The van der Waals surface area contributed by atoms with E-state index in [0.717, 1.165) is 22.8 Å². The summed E-state index contributed by atoms with van der Waals surface area (Å²) in [5.74, 6) is 0.768. The summed E-state index contributed by atoms with van der Waals surface area (Å²) in [6.07, 6.45) is 9.14. The Kier molecular flexibility index (Phi) is 9.81. The Morgan fingerprint density at radius 2 is 1.45 bits per heavy atom. The molecule has 33 heavy (non-hydrogen) atoms. The molecule has 3 aromatic rings. The molecule has 1 aromatic carbocycles. The Balaban J connectivity index is 1.67. The largest absolute Gasteiger partial charge is 0.355 e. The number of unbranched alkanes of at least 4 members (excludes halogenated alkanes) is 2. The molecule has 0 bridgehead atoms. The van der Waals surface area contributed by atoms with E-state index in [1.54, 1.807) is 47.9 Å². The number of benzene rings is 1. The van der Waals surface area contributed by atoms with Gasteiger partial charge in [0.1, 0.15) is 0 Å². The Labute approximate surface area is 211 Å². The standard InChI is InChI=1S/C22H24IN7O2S/c23-18-7-6-16(30(21-26-10-4-11-27-21)22-28-12-5-13-29-22)14-17(18)20(32)25-9-3-1-2-8-24-19(31)15-33/h4-7,10-14,33H,1-3,8-9,15H2,(H,24,31)(H,25,32). The molecule has 0 fully saturated rings. The number of anilines is 3. The van der Waals surface area contributed by atoms with Crippen molar-refractivity contribution in [1.82, 2.24) is 30.6 Å². The topological polar surface area (TPSA) is 113 Å². The molecule has 0 aliphatic rings. The monoisotopic (exact) mass is 577 g/mol. The van der Waals surface area contributed by atoms with Crippen LogP contribution in [0.2, 0.25) is 0 Å². The molecule has 0 aliphatic heterocycles. The number of amides is 2. The van der Waals surface area contributed by atoms with Gasteiger partial charge in [-0.1, -0.05) is 0 Å². The Hall–Kier alpha value is -2.80. The molecule has 0 saturated carbocycles. The summed E-state index contributed by atoms with van der Waals surface area (Å²) in [6, 6.07) is 9.00. The van der Waals surface area contributed by atoms with E-state index in [-0.39, 0.29) is 17.6 Å². The Morgan fingerprint density at radius 1 is 0.879 bits per heavy atom. The van der Waals surface area contributed by atoms with Gasteiger partial charge in [-0.05, 0) is 72.2 Å². The average Bonchev–Trinajstić information content (AvgIpc) is 2.85. The predicted octanol–water partition coefficient (Wildman–Crippen LogP) is 3.29. The van der Waals surface area contributed by atoms with Gasteiger partial charge in [0.2, 0.25) is 17.8 Å². The molecule has 0 radical (unpaired) electrons. The number of carbonyl (C=O) groups is 2. The number of hydrogen-bond donors (Lipinski definition) is 3. The highest BCUT2D eigenvalue weighted by atomic mass is 127. The number of nitrogens with one attached hydrogen (secondary N) is 2. The van der Waals surface area contributed by atoms with Crippen molar-refractivity contribution in [2.75, 3.05) is 23.7 Å². The van der Waals surface area contributed by atoms with Crippen LogP contribution in [-0.4, -0.2) is 50.6 Å². The van der Waals surface area contributed by atoms with Crippen LogP contribution in [0.4, 0.5) is 17.6 Å². The lowest BCUT2D eigenvalue weighted by molar-refractivity contribution is -0.118. The minimum atomic E-state index is -0.160. The number of carbonyl (C=O) groups excluding carboxylic acids is 2. The van der Waals surface area contributed by atoms with Gasteiger partial charge in [-0.25, -0.2) is 24.8 Å². The SMILES string of the molecule is O=C(CS)NCCCCCNC(=O)c1cc(N(c2ncccn2)c2ncccn2)ccc1I. The van der Waals surface area contributed by atoms with Gasteiger partial charge < -0.3 is 10.6 Å². The molecule has 2 heterocycles. The van der Waals surface area contributed by atoms with E-state index in [1.165, 1.54) is 0 Å². The average molecular weight is 577 g/mol. The fraction of sp³-hybridized carbons (Fsp3) is 0.273. The quantitative estimate of drug-likeness (QED) is 0.182. The van der Waals surface area contributed by atoms with Crippen LogP contribution in [0.25, 0.3) is 0 Å². The van der Waals surface area contributed by atoms with E-state index in [9.17, 15) is 9.59 Å². The van der Waals surface area contributed by atoms with Gasteiger partial charge in [0.25, 0.3) is 5.91 Å². The van der Waals surface area contributed by atoms with Crippen molar-refractivity contribution in [3.8, 4) is 0 Å². The van der Waals surface area contributed by atoms with Crippen LogP contribution in [-0.2, 0) is 4.79 Å². The van der Waals surface area contributed by atoms with Crippen molar-refractivity contribution in [3.05, 3.63) is 64.3 Å². The summed E-state index contributed by atoms with van der Waals surface area (Å²) >= 11 is 6.07. The summed E-state index contributed by atoms with van der Waals surface area (Å²) in [6.45, 7) is 1.17. The maximum atomic E-state index is 12.9. The first kappa shape index (κ1) is 24.8. The van der Waals surface area contributed by atoms with Gasteiger partial charge in [-0.3, -0.25) is 9.59 Å². The van der Waals surface area contributed by atoms with Gasteiger partial charge in [-0.15, -0.1) is 0 Å². The van der Waals surface area contributed by atoms with Crippen LogP contribution in [0.5, 0.6) is 0 Å². The molecule has 0 atom stereocenters. The summed E-state index contributed by atoms with van der Waals surface area (Å²) in [5, 5.41) is 5.75. The normalized spacial score (nSPS) is 10.5. The van der Waals surface area contributed by atoms with Crippen molar-refractivity contribution < 1.29 is 9.59 Å². The number of thiol groups is 1. The molecule has 3 rings (SSSR count). The van der Waals surface area contributed by atoms with Gasteiger partial charge in [0, 0.05) is 41.4 Å². The lowest BCUT2D eigenvalue weighted by atomic mass is 10.1. The molecule has 0 saturated heterocycles. The summed E-state index contributed by atoms with van der Waals surface area (Å²) in [4.78, 5) is 43.1. The van der Waals surface area contributed by atoms with Gasteiger partial charge in [-0.2, -0.15) is 12.6 Å². The molecule has 11 heteroatoms. The summed E-state index contributed by atoms with van der Waals surface area (Å²) in [5.41, 5.74) is 1.23. The van der Waals surface area contributed by atoms with Crippen LogP contribution >= 0.6 is 35.2 Å². The number of rotatable bonds is 11. The third-order valence-corrected chi connectivity index (χ3v) is 5.79. The van der Waals surface area contributed by atoms with E-state index in [4.69, 9.17) is 0 Å². The van der Waals surface area contributed by atoms with Crippen LogP contribution in [0.15, 0.2) is 55.1 Å². The molecule has 172 valence electrons. The van der Waals surface area contributed by atoms with E-state index < -0.39 is 0 Å². The van der Waals surface area contributed by atoms with E-state index in [0.29, 0.717) is 36.2 Å². The van der Waals surface area contributed by atoms with Gasteiger partial charge in [0.15, 0.2) is 0 Å².